The lowest BCUT2D eigenvalue weighted by atomic mass is 10.2. The average molecular weight is 311 g/mol. The minimum atomic E-state index is 0.0739. The second-order valence-electron chi connectivity index (χ2n) is 5.69. The Bertz CT molecular complexity index is 822. The highest BCUT2D eigenvalue weighted by Gasteiger charge is 2.33. The number of carbonyl (C=O) groups is 1. The van der Waals surface area contributed by atoms with Crippen molar-refractivity contribution >= 4 is 28.3 Å². The standard InChI is InChI=1S/C17H17N3OS/c1-19-14-6-3-2-5-13(14)18-16(19)15-7-4-9-20(15)17(21)12-8-10-22-11-12/h2-3,5-6,8,10-11,15H,4,7,9H2,1H3. The lowest BCUT2D eigenvalue weighted by Crippen LogP contribution is -2.31. The van der Waals surface area contributed by atoms with E-state index < -0.39 is 0 Å². The van der Waals surface area contributed by atoms with Gasteiger partial charge >= 0.3 is 0 Å². The van der Waals surface area contributed by atoms with Gasteiger partial charge in [0.25, 0.3) is 5.91 Å². The van der Waals surface area contributed by atoms with Crippen molar-refractivity contribution < 1.29 is 4.79 Å². The van der Waals surface area contributed by atoms with Gasteiger partial charge in [-0.05, 0) is 36.4 Å². The number of imidazole rings is 1. The number of aromatic nitrogens is 2. The number of hydrogen-bond donors (Lipinski definition) is 0. The van der Waals surface area contributed by atoms with Crippen LogP contribution >= 0.6 is 11.3 Å². The number of carbonyl (C=O) groups excluding carboxylic acids is 1. The van der Waals surface area contributed by atoms with Crippen LogP contribution in [0.5, 0.6) is 0 Å². The Morgan fingerprint density at radius 1 is 1.32 bits per heavy atom. The van der Waals surface area contributed by atoms with E-state index in [-0.39, 0.29) is 11.9 Å². The van der Waals surface area contributed by atoms with Crippen LogP contribution in [0.4, 0.5) is 0 Å². The molecule has 1 amide bonds. The highest BCUT2D eigenvalue weighted by molar-refractivity contribution is 7.08. The maximum Gasteiger partial charge on any atom is 0.255 e. The van der Waals surface area contributed by atoms with E-state index in [9.17, 15) is 4.79 Å². The molecule has 1 atom stereocenters. The van der Waals surface area contributed by atoms with Crippen molar-refractivity contribution in [2.75, 3.05) is 6.54 Å². The van der Waals surface area contributed by atoms with Crippen LogP contribution in [0.15, 0.2) is 41.1 Å². The molecule has 3 aromatic rings. The molecule has 4 nitrogen and oxygen atoms in total. The van der Waals surface area contributed by atoms with Gasteiger partial charge in [-0.2, -0.15) is 11.3 Å². The molecule has 0 bridgehead atoms. The molecule has 5 heteroatoms. The van der Waals surface area contributed by atoms with E-state index in [4.69, 9.17) is 4.98 Å². The van der Waals surface area contributed by atoms with E-state index in [1.165, 1.54) is 0 Å². The van der Waals surface area contributed by atoms with Gasteiger partial charge in [-0.1, -0.05) is 12.1 Å². The van der Waals surface area contributed by atoms with Gasteiger partial charge in [0.05, 0.1) is 22.6 Å². The van der Waals surface area contributed by atoms with E-state index in [0.29, 0.717) is 0 Å². The molecule has 1 aromatic carbocycles. The lowest BCUT2D eigenvalue weighted by molar-refractivity contribution is 0.0729. The number of hydrogen-bond acceptors (Lipinski definition) is 3. The molecule has 1 saturated heterocycles. The molecule has 0 spiro atoms. The maximum atomic E-state index is 12.7. The fourth-order valence-corrected chi connectivity index (χ4v) is 3.92. The van der Waals surface area contributed by atoms with Gasteiger partial charge in [-0.3, -0.25) is 4.79 Å². The number of fused-ring (bicyclic) bond motifs is 1. The first kappa shape index (κ1) is 13.5. The second-order valence-corrected chi connectivity index (χ2v) is 6.47. The lowest BCUT2D eigenvalue weighted by Gasteiger charge is -2.24. The molecular weight excluding hydrogens is 294 g/mol. The molecule has 0 aliphatic carbocycles. The Morgan fingerprint density at radius 2 is 2.18 bits per heavy atom. The summed E-state index contributed by atoms with van der Waals surface area (Å²) in [5.74, 6) is 1.11. The van der Waals surface area contributed by atoms with E-state index in [2.05, 4.69) is 10.6 Å². The van der Waals surface area contributed by atoms with Crippen molar-refractivity contribution in [1.82, 2.24) is 14.5 Å². The molecule has 0 radical (unpaired) electrons. The third-order valence-electron chi connectivity index (χ3n) is 4.40. The molecule has 3 heterocycles. The summed E-state index contributed by atoms with van der Waals surface area (Å²) in [4.78, 5) is 19.5. The van der Waals surface area contributed by atoms with Crippen molar-refractivity contribution in [2.24, 2.45) is 7.05 Å². The molecule has 4 rings (SSSR count). The van der Waals surface area contributed by atoms with Gasteiger partial charge in [0.15, 0.2) is 0 Å². The molecule has 0 N–H and O–H groups in total. The average Bonchev–Trinajstić information content (AvgIpc) is 3.27. The number of amides is 1. The van der Waals surface area contributed by atoms with Crippen LogP contribution in [-0.2, 0) is 7.05 Å². The Balaban J connectivity index is 1.73. The topological polar surface area (TPSA) is 38.1 Å². The summed E-state index contributed by atoms with van der Waals surface area (Å²) in [6.45, 7) is 0.808. The zero-order valence-electron chi connectivity index (χ0n) is 12.4. The smallest absolute Gasteiger partial charge is 0.255 e. The van der Waals surface area contributed by atoms with Crippen molar-refractivity contribution in [3.63, 3.8) is 0 Å². The van der Waals surface area contributed by atoms with Gasteiger partial charge in [0.1, 0.15) is 5.82 Å². The summed E-state index contributed by atoms with van der Waals surface area (Å²) >= 11 is 1.56. The Morgan fingerprint density at radius 3 is 2.95 bits per heavy atom. The van der Waals surface area contributed by atoms with Crippen LogP contribution in [0.2, 0.25) is 0 Å². The minimum absolute atomic E-state index is 0.0739. The summed E-state index contributed by atoms with van der Waals surface area (Å²) < 4.78 is 2.12. The highest BCUT2D eigenvalue weighted by atomic mass is 32.1. The monoisotopic (exact) mass is 311 g/mol. The van der Waals surface area contributed by atoms with Gasteiger partial charge in [0, 0.05) is 19.0 Å². The fraction of sp³-hybridized carbons (Fsp3) is 0.294. The van der Waals surface area contributed by atoms with E-state index >= 15 is 0 Å². The quantitative estimate of drug-likeness (QED) is 0.725. The molecule has 1 unspecified atom stereocenters. The number of benzene rings is 1. The number of rotatable bonds is 2. The van der Waals surface area contributed by atoms with Crippen LogP contribution in [0.25, 0.3) is 11.0 Å². The number of para-hydroxylation sites is 2. The fourth-order valence-electron chi connectivity index (χ4n) is 3.29. The normalized spacial score (nSPS) is 18.2. The van der Waals surface area contributed by atoms with Gasteiger partial charge in [-0.15, -0.1) is 0 Å². The molecule has 1 aliphatic rings. The van der Waals surface area contributed by atoms with E-state index in [1.54, 1.807) is 11.3 Å². The zero-order chi connectivity index (χ0) is 15.1. The van der Waals surface area contributed by atoms with Crippen LogP contribution < -0.4 is 0 Å². The predicted octanol–water partition coefficient (Wildman–Crippen LogP) is 3.61. The summed E-state index contributed by atoms with van der Waals surface area (Å²) in [5.41, 5.74) is 2.90. The summed E-state index contributed by atoms with van der Waals surface area (Å²) in [6.07, 6.45) is 2.01. The minimum Gasteiger partial charge on any atom is -0.329 e. The first-order chi connectivity index (χ1) is 10.8. The largest absolute Gasteiger partial charge is 0.329 e. The van der Waals surface area contributed by atoms with Crippen LogP contribution in [-0.4, -0.2) is 26.9 Å². The first-order valence-corrected chi connectivity index (χ1v) is 8.44. The molecule has 2 aromatic heterocycles. The molecule has 1 fully saturated rings. The maximum absolute atomic E-state index is 12.7. The van der Waals surface area contributed by atoms with Crippen molar-refractivity contribution in [3.8, 4) is 0 Å². The number of nitrogens with zero attached hydrogens (tertiary/aromatic N) is 3. The van der Waals surface area contributed by atoms with Crippen LogP contribution in [0.3, 0.4) is 0 Å². The van der Waals surface area contributed by atoms with Crippen molar-refractivity contribution in [1.29, 1.82) is 0 Å². The predicted molar refractivity (Wildman–Crippen MR) is 88.0 cm³/mol. The molecule has 1 aliphatic heterocycles. The zero-order valence-corrected chi connectivity index (χ0v) is 13.2. The SMILES string of the molecule is Cn1c(C2CCCN2C(=O)c2ccsc2)nc2ccccc21. The van der Waals surface area contributed by atoms with Crippen LogP contribution in [0.1, 0.15) is 35.1 Å². The van der Waals surface area contributed by atoms with Crippen LogP contribution in [0, 0.1) is 0 Å². The summed E-state index contributed by atoms with van der Waals surface area (Å²) in [5, 5.41) is 3.88. The molecule has 0 saturated carbocycles. The summed E-state index contributed by atoms with van der Waals surface area (Å²) in [7, 11) is 2.04. The second kappa shape index (κ2) is 5.25. The third kappa shape index (κ3) is 2.04. The number of aryl methyl sites for hydroxylation is 1. The van der Waals surface area contributed by atoms with Gasteiger partial charge < -0.3 is 9.47 Å². The Kier molecular flexibility index (Phi) is 3.22. The number of likely N-dealkylation sites (tertiary alicyclic amines) is 1. The highest BCUT2D eigenvalue weighted by Crippen LogP contribution is 2.34. The van der Waals surface area contributed by atoms with Crippen molar-refractivity contribution in [3.05, 3.63) is 52.5 Å². The van der Waals surface area contributed by atoms with E-state index in [0.717, 1.165) is 41.8 Å². The van der Waals surface area contributed by atoms with Gasteiger partial charge in [0.2, 0.25) is 0 Å². The molecular formula is C17H17N3OS. The molecule has 22 heavy (non-hydrogen) atoms. The van der Waals surface area contributed by atoms with Crippen molar-refractivity contribution in [2.45, 2.75) is 18.9 Å². The third-order valence-corrected chi connectivity index (χ3v) is 5.08. The Labute approximate surface area is 133 Å². The van der Waals surface area contributed by atoms with E-state index in [1.807, 2.05) is 47.0 Å². The molecule has 112 valence electrons. The summed E-state index contributed by atoms with van der Waals surface area (Å²) in [6, 6.07) is 10.1. The van der Waals surface area contributed by atoms with Gasteiger partial charge in [-0.25, -0.2) is 4.98 Å². The first-order valence-electron chi connectivity index (χ1n) is 7.50. The Hall–Kier alpha value is -2.14. The number of thiophene rings is 1.